The Balaban J connectivity index is 2.09. The maximum atomic E-state index is 11.4. The lowest BCUT2D eigenvalue weighted by Gasteiger charge is -2.08. The fourth-order valence-corrected chi connectivity index (χ4v) is 2.30. The molecule has 2 aromatic rings. The molecule has 0 spiro atoms. The molecule has 0 unspecified atom stereocenters. The van der Waals surface area contributed by atoms with Crippen LogP contribution in [0.25, 0.3) is 0 Å². The zero-order chi connectivity index (χ0) is 14.5. The second-order valence-corrected chi connectivity index (χ2v) is 5.14. The smallest absolute Gasteiger partial charge is 0.283 e. The second-order valence-electron chi connectivity index (χ2n) is 3.85. The van der Waals surface area contributed by atoms with Crippen LogP contribution in [0.4, 0.5) is 0 Å². The van der Waals surface area contributed by atoms with Crippen LogP contribution in [0.1, 0.15) is 16.2 Å². The van der Waals surface area contributed by atoms with E-state index in [1.165, 1.54) is 0 Å². The summed E-state index contributed by atoms with van der Waals surface area (Å²) in [7, 11) is 0. The van der Waals surface area contributed by atoms with Crippen LogP contribution in [-0.2, 0) is 6.61 Å². The Morgan fingerprint density at radius 2 is 2.20 bits per heavy atom. The number of amides is 1. The molecule has 1 aromatic heterocycles. The minimum absolute atomic E-state index is 0.228. The molecule has 0 atom stereocenters. The van der Waals surface area contributed by atoms with Crippen molar-refractivity contribution in [3.05, 3.63) is 57.3 Å². The van der Waals surface area contributed by atoms with Crippen LogP contribution in [0.5, 0.6) is 5.75 Å². The molecule has 0 aliphatic carbocycles. The van der Waals surface area contributed by atoms with Crippen LogP contribution >= 0.6 is 27.5 Å². The number of nitrogens with one attached hydrogen (secondary N) is 1. The van der Waals surface area contributed by atoms with Gasteiger partial charge in [0.25, 0.3) is 5.91 Å². The fraction of sp³-hybridized carbons (Fsp3) is 0.0769. The molecule has 3 N–H and O–H groups in total. The third kappa shape index (κ3) is 3.69. The monoisotopic (exact) mass is 355 g/mol. The number of carbonyl (C=O) groups is 1. The number of benzene rings is 1. The Labute approximate surface area is 129 Å². The predicted molar refractivity (Wildman–Crippen MR) is 79.4 cm³/mol. The Morgan fingerprint density at radius 1 is 1.40 bits per heavy atom. The highest BCUT2D eigenvalue weighted by atomic mass is 79.9. The number of hydrogen-bond acceptors (Lipinski definition) is 4. The molecule has 0 bridgehead atoms. The van der Waals surface area contributed by atoms with Crippen molar-refractivity contribution in [1.82, 2.24) is 10.4 Å². The first-order valence-corrected chi connectivity index (χ1v) is 6.82. The van der Waals surface area contributed by atoms with E-state index in [9.17, 15) is 4.79 Å². The van der Waals surface area contributed by atoms with Crippen molar-refractivity contribution < 1.29 is 9.53 Å². The summed E-state index contributed by atoms with van der Waals surface area (Å²) in [4.78, 5) is 15.5. The van der Waals surface area contributed by atoms with E-state index in [2.05, 4.69) is 20.9 Å². The molecule has 7 heteroatoms. The van der Waals surface area contributed by atoms with Gasteiger partial charge in [0.1, 0.15) is 18.1 Å². The lowest BCUT2D eigenvalue weighted by molar-refractivity contribution is 0.0948. The zero-order valence-electron chi connectivity index (χ0n) is 10.3. The molecule has 0 aliphatic rings. The molecule has 0 saturated carbocycles. The molecule has 0 saturated heterocycles. The third-order valence-electron chi connectivity index (χ3n) is 2.44. The number of pyridine rings is 1. The molecule has 0 aliphatic heterocycles. The Kier molecular flexibility index (Phi) is 4.94. The van der Waals surface area contributed by atoms with Gasteiger partial charge in [0.05, 0.1) is 10.2 Å². The van der Waals surface area contributed by atoms with E-state index in [0.29, 0.717) is 16.5 Å². The maximum Gasteiger partial charge on any atom is 0.283 e. The number of hydrogen-bond donors (Lipinski definition) is 2. The topological polar surface area (TPSA) is 77.2 Å². The van der Waals surface area contributed by atoms with E-state index in [0.717, 1.165) is 4.47 Å². The number of nitrogen functional groups attached to an aromatic ring is 1. The quantitative estimate of drug-likeness (QED) is 0.501. The SMILES string of the molecule is NNC(=O)c1cccc(COc2ccc(Cl)cc2Br)n1. The van der Waals surface area contributed by atoms with Crippen LogP contribution in [0, 0.1) is 0 Å². The normalized spacial score (nSPS) is 10.2. The number of rotatable bonds is 4. The molecule has 1 heterocycles. The molecule has 0 radical (unpaired) electrons. The van der Waals surface area contributed by atoms with Gasteiger partial charge in [-0.2, -0.15) is 0 Å². The average molecular weight is 357 g/mol. The largest absolute Gasteiger partial charge is 0.486 e. The van der Waals surface area contributed by atoms with E-state index >= 15 is 0 Å². The number of nitrogens with zero attached hydrogens (tertiary/aromatic N) is 1. The zero-order valence-corrected chi connectivity index (χ0v) is 12.6. The molecule has 1 amide bonds. The molecule has 20 heavy (non-hydrogen) atoms. The summed E-state index contributed by atoms with van der Waals surface area (Å²) in [6, 6.07) is 10.3. The van der Waals surface area contributed by atoms with E-state index in [1.807, 2.05) is 5.43 Å². The number of hydrazine groups is 1. The maximum absolute atomic E-state index is 11.4. The summed E-state index contributed by atoms with van der Waals surface area (Å²) in [6.45, 7) is 0.228. The summed E-state index contributed by atoms with van der Waals surface area (Å²) in [5, 5.41) is 0.615. The number of ether oxygens (including phenoxy) is 1. The Bertz CT molecular complexity index is 637. The van der Waals surface area contributed by atoms with Gasteiger partial charge in [0, 0.05) is 5.02 Å². The molecule has 104 valence electrons. The van der Waals surface area contributed by atoms with Crippen LogP contribution in [0.15, 0.2) is 40.9 Å². The summed E-state index contributed by atoms with van der Waals surface area (Å²) in [6.07, 6.45) is 0. The third-order valence-corrected chi connectivity index (χ3v) is 3.29. The van der Waals surface area contributed by atoms with Gasteiger partial charge in [-0.05, 0) is 46.3 Å². The first kappa shape index (κ1) is 14.8. The number of nitrogens with two attached hydrogens (primary N) is 1. The van der Waals surface area contributed by atoms with E-state index in [-0.39, 0.29) is 12.3 Å². The lowest BCUT2D eigenvalue weighted by atomic mass is 10.3. The van der Waals surface area contributed by atoms with Crippen LogP contribution in [0.3, 0.4) is 0 Å². The Morgan fingerprint density at radius 3 is 2.90 bits per heavy atom. The van der Waals surface area contributed by atoms with E-state index in [1.54, 1.807) is 36.4 Å². The highest BCUT2D eigenvalue weighted by Crippen LogP contribution is 2.28. The molecule has 2 rings (SSSR count). The molecule has 5 nitrogen and oxygen atoms in total. The van der Waals surface area contributed by atoms with Crippen molar-refractivity contribution in [3.8, 4) is 5.75 Å². The molecule has 0 fully saturated rings. The molecule has 1 aromatic carbocycles. The Hall–Kier alpha value is -1.63. The van der Waals surface area contributed by atoms with Gasteiger partial charge in [0.2, 0.25) is 0 Å². The summed E-state index contributed by atoms with van der Waals surface area (Å²) < 4.78 is 6.37. The fourth-order valence-electron chi connectivity index (χ4n) is 1.50. The minimum Gasteiger partial charge on any atom is -0.486 e. The number of carbonyl (C=O) groups excluding carboxylic acids is 1. The average Bonchev–Trinajstić information content (AvgIpc) is 2.46. The van der Waals surface area contributed by atoms with E-state index in [4.69, 9.17) is 22.2 Å². The van der Waals surface area contributed by atoms with Crippen molar-refractivity contribution >= 4 is 33.4 Å². The van der Waals surface area contributed by atoms with Gasteiger partial charge >= 0.3 is 0 Å². The highest BCUT2D eigenvalue weighted by Gasteiger charge is 2.07. The van der Waals surface area contributed by atoms with Gasteiger partial charge in [-0.15, -0.1) is 0 Å². The summed E-state index contributed by atoms with van der Waals surface area (Å²) in [5.41, 5.74) is 2.89. The first-order valence-electron chi connectivity index (χ1n) is 5.65. The van der Waals surface area contributed by atoms with Crippen molar-refractivity contribution in [2.24, 2.45) is 5.84 Å². The molecular weight excluding hydrogens is 346 g/mol. The highest BCUT2D eigenvalue weighted by molar-refractivity contribution is 9.10. The van der Waals surface area contributed by atoms with Crippen LogP contribution < -0.4 is 16.0 Å². The predicted octanol–water partition coefficient (Wildman–Crippen LogP) is 2.68. The van der Waals surface area contributed by atoms with Gasteiger partial charge in [-0.25, -0.2) is 10.8 Å². The van der Waals surface area contributed by atoms with Gasteiger partial charge in [-0.1, -0.05) is 17.7 Å². The molecular formula is C13H11BrClN3O2. The van der Waals surface area contributed by atoms with E-state index < -0.39 is 5.91 Å². The van der Waals surface area contributed by atoms with Gasteiger partial charge in [-0.3, -0.25) is 10.2 Å². The second kappa shape index (κ2) is 6.69. The lowest BCUT2D eigenvalue weighted by Crippen LogP contribution is -2.30. The van der Waals surface area contributed by atoms with Crippen molar-refractivity contribution in [2.45, 2.75) is 6.61 Å². The van der Waals surface area contributed by atoms with Crippen molar-refractivity contribution in [1.29, 1.82) is 0 Å². The van der Waals surface area contributed by atoms with Crippen LogP contribution in [0.2, 0.25) is 5.02 Å². The van der Waals surface area contributed by atoms with Crippen molar-refractivity contribution in [2.75, 3.05) is 0 Å². The number of halogens is 2. The van der Waals surface area contributed by atoms with Crippen LogP contribution in [-0.4, -0.2) is 10.9 Å². The van der Waals surface area contributed by atoms with Crippen molar-refractivity contribution in [3.63, 3.8) is 0 Å². The standard InChI is InChI=1S/C13H11BrClN3O2/c14-10-6-8(15)4-5-12(10)20-7-9-2-1-3-11(17-9)13(19)18-16/h1-6H,7,16H2,(H,18,19). The summed E-state index contributed by atoms with van der Waals surface area (Å²) >= 11 is 9.21. The first-order chi connectivity index (χ1) is 9.60. The van der Waals surface area contributed by atoms with Gasteiger partial charge in [0.15, 0.2) is 0 Å². The number of aromatic nitrogens is 1. The minimum atomic E-state index is -0.445. The summed E-state index contributed by atoms with van der Waals surface area (Å²) in [5.74, 6) is 5.26. The van der Waals surface area contributed by atoms with Gasteiger partial charge < -0.3 is 4.74 Å².